The molecule has 1 aromatic rings. The van der Waals surface area contributed by atoms with Gasteiger partial charge < -0.3 is 15.5 Å². The number of carbonyl (C=O) groups is 1. The van der Waals surface area contributed by atoms with E-state index >= 15 is 0 Å². The van der Waals surface area contributed by atoms with Crippen LogP contribution in [0.15, 0.2) is 18.2 Å². The molecule has 17 heavy (non-hydrogen) atoms. The highest BCUT2D eigenvalue weighted by atomic mass is 16.2. The Morgan fingerprint density at radius 2 is 2.00 bits per heavy atom. The number of anilines is 1. The molecular weight excluding hydrogens is 214 g/mol. The second-order valence-corrected chi connectivity index (χ2v) is 4.56. The van der Waals surface area contributed by atoms with Crippen LogP contribution in [0.4, 0.5) is 5.69 Å². The first-order chi connectivity index (χ1) is 8.36. The number of hydrogen-bond acceptors (Lipinski definition) is 3. The average molecular weight is 231 g/mol. The van der Waals surface area contributed by atoms with Crippen LogP contribution >= 0.6 is 0 Å². The van der Waals surface area contributed by atoms with Crippen LogP contribution in [0.2, 0.25) is 0 Å². The maximum absolute atomic E-state index is 12.4. The third-order valence-corrected chi connectivity index (χ3v) is 3.48. The van der Waals surface area contributed by atoms with Gasteiger partial charge in [-0.15, -0.1) is 0 Å². The molecule has 3 rings (SSSR count). The van der Waals surface area contributed by atoms with Gasteiger partial charge in [0.1, 0.15) is 0 Å². The smallest absolute Gasteiger partial charge is 0.256 e. The van der Waals surface area contributed by atoms with Crippen molar-refractivity contribution in [1.29, 1.82) is 0 Å². The highest BCUT2D eigenvalue weighted by molar-refractivity contribution is 6.00. The van der Waals surface area contributed by atoms with Crippen LogP contribution in [0.1, 0.15) is 15.9 Å². The normalized spacial score (nSPS) is 18.7. The Morgan fingerprint density at radius 1 is 1.18 bits per heavy atom. The predicted molar refractivity (Wildman–Crippen MR) is 67.4 cm³/mol. The van der Waals surface area contributed by atoms with Gasteiger partial charge in [0.15, 0.2) is 0 Å². The molecule has 0 atom stereocenters. The molecule has 0 aromatic heterocycles. The lowest BCUT2D eigenvalue weighted by Crippen LogP contribution is -2.46. The van der Waals surface area contributed by atoms with E-state index < -0.39 is 0 Å². The molecule has 1 amide bonds. The summed E-state index contributed by atoms with van der Waals surface area (Å²) in [4.78, 5) is 14.4. The summed E-state index contributed by atoms with van der Waals surface area (Å²) in [7, 11) is 0. The Kier molecular flexibility index (Phi) is 2.73. The van der Waals surface area contributed by atoms with Crippen molar-refractivity contribution in [2.75, 3.05) is 38.0 Å². The van der Waals surface area contributed by atoms with Gasteiger partial charge in [0, 0.05) is 32.7 Å². The molecule has 2 heterocycles. The van der Waals surface area contributed by atoms with Gasteiger partial charge in [0.2, 0.25) is 0 Å². The van der Waals surface area contributed by atoms with Gasteiger partial charge in [0.25, 0.3) is 5.91 Å². The zero-order valence-corrected chi connectivity index (χ0v) is 9.83. The summed E-state index contributed by atoms with van der Waals surface area (Å²) >= 11 is 0. The van der Waals surface area contributed by atoms with E-state index in [1.54, 1.807) is 0 Å². The molecule has 4 heteroatoms. The molecule has 0 saturated carbocycles. The number of fused-ring (bicyclic) bond motifs is 1. The number of rotatable bonds is 1. The molecule has 4 nitrogen and oxygen atoms in total. The zero-order valence-electron chi connectivity index (χ0n) is 9.83. The lowest BCUT2D eigenvalue weighted by atomic mass is 10.1. The summed E-state index contributed by atoms with van der Waals surface area (Å²) in [6.45, 7) is 4.36. The third-order valence-electron chi connectivity index (χ3n) is 3.48. The largest absolute Gasteiger partial charge is 0.384 e. The molecule has 2 aliphatic rings. The molecule has 0 radical (unpaired) electrons. The fourth-order valence-electron chi connectivity index (χ4n) is 2.56. The van der Waals surface area contributed by atoms with E-state index in [1.165, 1.54) is 5.56 Å². The molecule has 1 aromatic carbocycles. The van der Waals surface area contributed by atoms with E-state index in [0.29, 0.717) is 0 Å². The number of amides is 1. The summed E-state index contributed by atoms with van der Waals surface area (Å²) in [6, 6.07) is 6.02. The van der Waals surface area contributed by atoms with Crippen LogP contribution in [0.25, 0.3) is 0 Å². The van der Waals surface area contributed by atoms with E-state index in [-0.39, 0.29) is 5.91 Å². The molecule has 1 fully saturated rings. The number of carbonyl (C=O) groups excluding carboxylic acids is 1. The summed E-state index contributed by atoms with van der Waals surface area (Å²) in [5.74, 6) is 0.165. The van der Waals surface area contributed by atoms with Crippen LogP contribution in [0, 0.1) is 0 Å². The van der Waals surface area contributed by atoms with Crippen molar-refractivity contribution >= 4 is 11.6 Å². The van der Waals surface area contributed by atoms with Crippen molar-refractivity contribution in [2.24, 2.45) is 0 Å². The maximum Gasteiger partial charge on any atom is 0.256 e. The number of nitrogens with zero attached hydrogens (tertiary/aromatic N) is 1. The lowest BCUT2D eigenvalue weighted by Gasteiger charge is -2.28. The van der Waals surface area contributed by atoms with Crippen molar-refractivity contribution in [2.45, 2.75) is 6.42 Å². The molecule has 1 saturated heterocycles. The van der Waals surface area contributed by atoms with Crippen LogP contribution in [-0.4, -0.2) is 43.5 Å². The number of piperazine rings is 1. The quantitative estimate of drug-likeness (QED) is 0.748. The van der Waals surface area contributed by atoms with Crippen molar-refractivity contribution in [3.05, 3.63) is 29.3 Å². The van der Waals surface area contributed by atoms with Crippen LogP contribution < -0.4 is 10.6 Å². The van der Waals surface area contributed by atoms with Crippen LogP contribution in [-0.2, 0) is 6.42 Å². The SMILES string of the molecule is O=C(c1cccc2c1NCC2)N1CCNCC1. The van der Waals surface area contributed by atoms with Crippen LogP contribution in [0.3, 0.4) is 0 Å². The summed E-state index contributed by atoms with van der Waals surface area (Å²) in [6.07, 6.45) is 1.03. The number of para-hydroxylation sites is 1. The van der Waals surface area contributed by atoms with Gasteiger partial charge in [-0.05, 0) is 18.1 Å². The van der Waals surface area contributed by atoms with Gasteiger partial charge >= 0.3 is 0 Å². The lowest BCUT2D eigenvalue weighted by molar-refractivity contribution is 0.0737. The highest BCUT2D eigenvalue weighted by Gasteiger charge is 2.23. The van der Waals surface area contributed by atoms with Gasteiger partial charge in [-0.2, -0.15) is 0 Å². The molecule has 0 aliphatic carbocycles. The van der Waals surface area contributed by atoms with E-state index in [2.05, 4.69) is 16.7 Å². The second-order valence-electron chi connectivity index (χ2n) is 4.56. The number of hydrogen-bond donors (Lipinski definition) is 2. The van der Waals surface area contributed by atoms with E-state index in [0.717, 1.165) is 50.4 Å². The molecule has 2 N–H and O–H groups in total. The Morgan fingerprint density at radius 3 is 2.82 bits per heavy atom. The third kappa shape index (κ3) is 1.89. The van der Waals surface area contributed by atoms with Crippen molar-refractivity contribution in [3.8, 4) is 0 Å². The summed E-state index contributed by atoms with van der Waals surface area (Å²) in [5.41, 5.74) is 3.16. The van der Waals surface area contributed by atoms with E-state index in [4.69, 9.17) is 0 Å². The molecule has 0 spiro atoms. The Balaban J connectivity index is 1.88. The fraction of sp³-hybridized carbons (Fsp3) is 0.462. The van der Waals surface area contributed by atoms with Gasteiger partial charge in [-0.25, -0.2) is 0 Å². The minimum Gasteiger partial charge on any atom is -0.384 e. The minimum atomic E-state index is 0.165. The number of nitrogens with one attached hydrogen (secondary N) is 2. The standard InChI is InChI=1S/C13H17N3O/c17-13(16-8-6-14-7-9-16)11-3-1-2-10-4-5-15-12(10)11/h1-3,14-15H,4-9H2. The molecule has 2 aliphatic heterocycles. The topological polar surface area (TPSA) is 44.4 Å². The first kappa shape index (κ1) is 10.6. The number of benzene rings is 1. The second kappa shape index (κ2) is 4.37. The van der Waals surface area contributed by atoms with Crippen molar-refractivity contribution < 1.29 is 4.79 Å². The predicted octanol–water partition coefficient (Wildman–Crippen LogP) is 0.700. The van der Waals surface area contributed by atoms with E-state index in [9.17, 15) is 4.79 Å². The maximum atomic E-state index is 12.4. The monoisotopic (exact) mass is 231 g/mol. The fourth-order valence-corrected chi connectivity index (χ4v) is 2.56. The first-order valence-corrected chi connectivity index (χ1v) is 6.22. The molecule has 90 valence electrons. The van der Waals surface area contributed by atoms with E-state index in [1.807, 2.05) is 17.0 Å². The highest BCUT2D eigenvalue weighted by Crippen LogP contribution is 2.27. The summed E-state index contributed by atoms with van der Waals surface area (Å²) < 4.78 is 0. The Hall–Kier alpha value is -1.55. The van der Waals surface area contributed by atoms with Gasteiger partial charge in [0.05, 0.1) is 11.3 Å². The van der Waals surface area contributed by atoms with Crippen LogP contribution in [0.5, 0.6) is 0 Å². The minimum absolute atomic E-state index is 0.165. The zero-order chi connectivity index (χ0) is 11.7. The molecule has 0 bridgehead atoms. The van der Waals surface area contributed by atoms with Gasteiger partial charge in [-0.1, -0.05) is 12.1 Å². The average Bonchev–Trinajstić information content (AvgIpc) is 2.87. The molecular formula is C13H17N3O. The van der Waals surface area contributed by atoms with Gasteiger partial charge in [-0.3, -0.25) is 4.79 Å². The van der Waals surface area contributed by atoms with Crippen molar-refractivity contribution in [3.63, 3.8) is 0 Å². The molecule has 0 unspecified atom stereocenters. The Bertz CT molecular complexity index is 438. The van der Waals surface area contributed by atoms with Crippen molar-refractivity contribution in [1.82, 2.24) is 10.2 Å². The first-order valence-electron chi connectivity index (χ1n) is 6.22. The Labute approximate surface area is 101 Å². The summed E-state index contributed by atoms with van der Waals surface area (Å²) in [5, 5.41) is 6.59.